The van der Waals surface area contributed by atoms with Gasteiger partial charge in [0, 0.05) is 37.1 Å². The molecule has 1 aromatic carbocycles. The van der Waals surface area contributed by atoms with Crippen molar-refractivity contribution < 1.29 is 14.3 Å². The molecule has 7 nitrogen and oxygen atoms in total. The van der Waals surface area contributed by atoms with Crippen LogP contribution in [0.2, 0.25) is 5.02 Å². The van der Waals surface area contributed by atoms with E-state index in [2.05, 4.69) is 15.2 Å². The number of aromatic nitrogens is 1. The first kappa shape index (κ1) is 21.9. The third-order valence-electron chi connectivity index (χ3n) is 4.84. The minimum atomic E-state index is -0.267. The Labute approximate surface area is 182 Å². The normalized spacial score (nSPS) is 14.4. The first-order valence-corrected chi connectivity index (χ1v) is 10.5. The lowest BCUT2D eigenvalue weighted by atomic mass is 10.2. The van der Waals surface area contributed by atoms with Crippen LogP contribution in [-0.4, -0.2) is 54.5 Å². The maximum Gasteiger partial charge on any atom is 0.262 e. The van der Waals surface area contributed by atoms with E-state index < -0.39 is 0 Å². The van der Waals surface area contributed by atoms with E-state index in [0.29, 0.717) is 23.0 Å². The quantitative estimate of drug-likeness (QED) is 0.759. The number of amides is 2. The van der Waals surface area contributed by atoms with Crippen LogP contribution in [0.15, 0.2) is 42.6 Å². The van der Waals surface area contributed by atoms with E-state index in [9.17, 15) is 9.59 Å². The van der Waals surface area contributed by atoms with Crippen LogP contribution in [0.25, 0.3) is 0 Å². The smallest absolute Gasteiger partial charge is 0.262 e. The van der Waals surface area contributed by atoms with Gasteiger partial charge in [-0.1, -0.05) is 25.4 Å². The molecule has 0 aliphatic carbocycles. The van der Waals surface area contributed by atoms with E-state index in [1.54, 1.807) is 30.5 Å². The molecule has 0 bridgehead atoms. The van der Waals surface area contributed by atoms with Gasteiger partial charge in [0.1, 0.15) is 11.6 Å². The van der Waals surface area contributed by atoms with Crippen molar-refractivity contribution >= 4 is 34.9 Å². The van der Waals surface area contributed by atoms with Gasteiger partial charge in [0.15, 0.2) is 6.61 Å². The number of nitrogens with zero attached hydrogens (tertiary/aromatic N) is 3. The van der Waals surface area contributed by atoms with E-state index in [0.717, 1.165) is 31.9 Å². The highest BCUT2D eigenvalue weighted by Gasteiger charge is 2.21. The number of nitrogens with one attached hydrogen (secondary N) is 1. The zero-order valence-electron chi connectivity index (χ0n) is 17.3. The average Bonchev–Trinajstić information content (AvgIpc) is 2.99. The summed E-state index contributed by atoms with van der Waals surface area (Å²) in [5.41, 5.74) is 0.606. The highest BCUT2D eigenvalue weighted by Crippen LogP contribution is 2.18. The zero-order valence-corrected chi connectivity index (χ0v) is 18.1. The minimum Gasteiger partial charge on any atom is -0.484 e. The van der Waals surface area contributed by atoms with Gasteiger partial charge in [-0.15, -0.1) is 0 Å². The van der Waals surface area contributed by atoms with Gasteiger partial charge >= 0.3 is 0 Å². The van der Waals surface area contributed by atoms with Crippen molar-refractivity contribution in [1.82, 2.24) is 9.88 Å². The summed E-state index contributed by atoms with van der Waals surface area (Å²) < 4.78 is 5.44. The van der Waals surface area contributed by atoms with Crippen LogP contribution in [0.1, 0.15) is 20.3 Å². The standard InChI is InChI=1S/C22H27ClN4O3/c1-16(2)22(29)27-11-3-10-26(12-13-27)20-9-6-18(14-24-20)25-21(28)15-30-19-7-4-17(23)5-8-19/h4-9,14,16H,3,10-13,15H2,1-2H3,(H,25,28). The molecule has 0 atom stereocenters. The molecule has 30 heavy (non-hydrogen) atoms. The summed E-state index contributed by atoms with van der Waals surface area (Å²) in [5, 5.41) is 3.39. The Morgan fingerprint density at radius 3 is 2.53 bits per heavy atom. The first-order chi connectivity index (χ1) is 14.4. The second kappa shape index (κ2) is 10.3. The van der Waals surface area contributed by atoms with Gasteiger partial charge in [0.05, 0.1) is 11.9 Å². The van der Waals surface area contributed by atoms with Crippen molar-refractivity contribution in [3.05, 3.63) is 47.6 Å². The summed E-state index contributed by atoms with van der Waals surface area (Å²) >= 11 is 5.83. The van der Waals surface area contributed by atoms with E-state index in [4.69, 9.17) is 16.3 Å². The maximum atomic E-state index is 12.2. The minimum absolute atomic E-state index is 0.0150. The first-order valence-electron chi connectivity index (χ1n) is 10.1. The number of anilines is 2. The number of rotatable bonds is 6. The molecule has 1 saturated heterocycles. The molecule has 0 spiro atoms. The third-order valence-corrected chi connectivity index (χ3v) is 5.09. The van der Waals surface area contributed by atoms with E-state index in [-0.39, 0.29) is 24.3 Å². The number of carbonyl (C=O) groups excluding carboxylic acids is 2. The van der Waals surface area contributed by atoms with E-state index in [1.165, 1.54) is 0 Å². The maximum absolute atomic E-state index is 12.2. The summed E-state index contributed by atoms with van der Waals surface area (Å²) in [5.74, 6) is 1.36. The monoisotopic (exact) mass is 430 g/mol. The molecule has 2 heterocycles. The molecule has 1 aliphatic rings. The SMILES string of the molecule is CC(C)C(=O)N1CCCN(c2ccc(NC(=O)COc3ccc(Cl)cc3)cn2)CC1. The number of hydrogen-bond donors (Lipinski definition) is 1. The molecule has 2 amide bonds. The Balaban J connectivity index is 1.50. The molecular weight excluding hydrogens is 404 g/mol. The fourth-order valence-corrected chi connectivity index (χ4v) is 3.38. The van der Waals surface area contributed by atoms with Gasteiger partial charge < -0.3 is 19.9 Å². The van der Waals surface area contributed by atoms with Crippen LogP contribution in [0, 0.1) is 5.92 Å². The molecule has 1 fully saturated rings. The number of carbonyl (C=O) groups is 2. The van der Waals surface area contributed by atoms with Crippen LogP contribution in [0.5, 0.6) is 5.75 Å². The lowest BCUT2D eigenvalue weighted by Gasteiger charge is -2.24. The fraction of sp³-hybridized carbons (Fsp3) is 0.409. The van der Waals surface area contributed by atoms with E-state index in [1.807, 2.05) is 30.9 Å². The number of halogens is 1. The molecular formula is C22H27ClN4O3. The van der Waals surface area contributed by atoms with Crippen molar-refractivity contribution in [2.75, 3.05) is 43.0 Å². The van der Waals surface area contributed by atoms with Gasteiger partial charge in [0.25, 0.3) is 5.91 Å². The molecule has 1 aromatic heterocycles. The molecule has 1 aliphatic heterocycles. The van der Waals surface area contributed by atoms with Crippen LogP contribution >= 0.6 is 11.6 Å². The topological polar surface area (TPSA) is 74.8 Å². The van der Waals surface area contributed by atoms with Crippen LogP contribution in [0.4, 0.5) is 11.5 Å². The fourth-order valence-electron chi connectivity index (χ4n) is 3.26. The van der Waals surface area contributed by atoms with Crippen molar-refractivity contribution in [2.45, 2.75) is 20.3 Å². The summed E-state index contributed by atoms with van der Waals surface area (Å²) in [6, 6.07) is 10.5. The number of benzene rings is 1. The summed E-state index contributed by atoms with van der Waals surface area (Å²) in [4.78, 5) is 32.9. The van der Waals surface area contributed by atoms with Crippen LogP contribution in [0.3, 0.4) is 0 Å². The molecule has 1 N–H and O–H groups in total. The predicted molar refractivity (Wildman–Crippen MR) is 118 cm³/mol. The molecule has 3 rings (SSSR count). The highest BCUT2D eigenvalue weighted by atomic mass is 35.5. The molecule has 8 heteroatoms. The highest BCUT2D eigenvalue weighted by molar-refractivity contribution is 6.30. The summed E-state index contributed by atoms with van der Waals surface area (Å²) in [7, 11) is 0. The van der Waals surface area contributed by atoms with E-state index >= 15 is 0 Å². The largest absolute Gasteiger partial charge is 0.484 e. The van der Waals surface area contributed by atoms with Crippen LogP contribution in [-0.2, 0) is 9.59 Å². The number of ether oxygens (including phenoxy) is 1. The average molecular weight is 431 g/mol. The second-order valence-corrected chi connectivity index (χ2v) is 7.95. The Morgan fingerprint density at radius 1 is 1.10 bits per heavy atom. The molecule has 160 valence electrons. The Kier molecular flexibility index (Phi) is 7.52. The van der Waals surface area contributed by atoms with Crippen molar-refractivity contribution in [3.8, 4) is 5.75 Å². The van der Waals surface area contributed by atoms with Gasteiger partial charge in [-0.05, 0) is 42.8 Å². The van der Waals surface area contributed by atoms with Crippen molar-refractivity contribution in [2.24, 2.45) is 5.92 Å². The number of pyridine rings is 1. The number of hydrogen-bond acceptors (Lipinski definition) is 5. The van der Waals surface area contributed by atoms with Gasteiger partial charge in [0.2, 0.25) is 5.91 Å². The summed E-state index contributed by atoms with van der Waals surface area (Å²) in [6.07, 6.45) is 2.54. The lowest BCUT2D eigenvalue weighted by Crippen LogP contribution is -2.37. The van der Waals surface area contributed by atoms with Gasteiger partial charge in [-0.25, -0.2) is 4.98 Å². The Morgan fingerprint density at radius 2 is 1.87 bits per heavy atom. The zero-order chi connectivity index (χ0) is 21.5. The molecule has 0 saturated carbocycles. The predicted octanol–water partition coefficient (Wildman–Crippen LogP) is 3.45. The molecule has 0 radical (unpaired) electrons. The Hall–Kier alpha value is -2.80. The van der Waals surface area contributed by atoms with Crippen LogP contribution < -0.4 is 15.0 Å². The van der Waals surface area contributed by atoms with Gasteiger partial charge in [-0.3, -0.25) is 9.59 Å². The van der Waals surface area contributed by atoms with Gasteiger partial charge in [-0.2, -0.15) is 0 Å². The third kappa shape index (κ3) is 6.10. The van der Waals surface area contributed by atoms with Crippen molar-refractivity contribution in [3.63, 3.8) is 0 Å². The summed E-state index contributed by atoms with van der Waals surface area (Å²) in [6.45, 7) is 6.81. The second-order valence-electron chi connectivity index (χ2n) is 7.52. The van der Waals surface area contributed by atoms with Crippen molar-refractivity contribution in [1.29, 1.82) is 0 Å². The molecule has 2 aromatic rings. The lowest BCUT2D eigenvalue weighted by molar-refractivity contribution is -0.134. The Bertz CT molecular complexity index is 856. The molecule has 0 unspecified atom stereocenters.